The van der Waals surface area contributed by atoms with E-state index in [1.165, 1.54) is 12.1 Å². The molecule has 0 heterocycles. The Morgan fingerprint density at radius 1 is 1.18 bits per heavy atom. The number of carbonyl (C=O) groups excluding carboxylic acids is 1. The lowest BCUT2D eigenvalue weighted by atomic mass is 9.95. The molecule has 0 aliphatic rings. The lowest BCUT2D eigenvalue weighted by Gasteiger charge is -2.27. The van der Waals surface area contributed by atoms with Crippen LogP contribution in [-0.2, 0) is 4.79 Å². The first-order chi connectivity index (χ1) is 13.3. The van der Waals surface area contributed by atoms with Crippen LogP contribution >= 0.6 is 15.9 Å². The van der Waals surface area contributed by atoms with Crippen LogP contribution in [-0.4, -0.2) is 18.5 Å². The number of amides is 1. The van der Waals surface area contributed by atoms with Crippen molar-refractivity contribution in [2.75, 3.05) is 6.54 Å². The molecule has 0 fully saturated rings. The van der Waals surface area contributed by atoms with E-state index in [1.807, 2.05) is 44.2 Å². The minimum Gasteiger partial charge on any atom is -0.342 e. The van der Waals surface area contributed by atoms with Crippen LogP contribution in [0.4, 0.5) is 8.78 Å². The lowest BCUT2D eigenvalue weighted by molar-refractivity contribution is -0.123. The maximum Gasteiger partial charge on any atom is 0.237 e. The first kappa shape index (κ1) is 22.0. The van der Waals surface area contributed by atoms with Crippen LogP contribution in [0.15, 0.2) is 46.9 Å². The van der Waals surface area contributed by atoms with Crippen LogP contribution in [0.25, 0.3) is 0 Å². The number of benzene rings is 2. The second kappa shape index (κ2) is 10.3. The molecule has 0 bridgehead atoms. The summed E-state index contributed by atoms with van der Waals surface area (Å²) in [6.07, 6.45) is 0.493. The van der Waals surface area contributed by atoms with Crippen LogP contribution in [0.2, 0.25) is 0 Å². The molecule has 2 aromatic carbocycles. The number of hydrogen-bond donors (Lipinski definition) is 2. The molecule has 0 aliphatic heterocycles. The Kier molecular flexibility index (Phi) is 8.09. The van der Waals surface area contributed by atoms with Crippen molar-refractivity contribution in [3.05, 3.63) is 69.7 Å². The number of hydrogen-bond acceptors (Lipinski definition) is 3. The summed E-state index contributed by atoms with van der Waals surface area (Å²) in [5.74, 6) is -1.50. The van der Waals surface area contributed by atoms with Crippen molar-refractivity contribution in [2.24, 2.45) is 5.92 Å². The van der Waals surface area contributed by atoms with Crippen molar-refractivity contribution < 1.29 is 13.6 Å². The Labute approximate surface area is 172 Å². The van der Waals surface area contributed by atoms with Crippen molar-refractivity contribution in [1.82, 2.24) is 10.6 Å². The second-order valence-corrected chi connectivity index (χ2v) is 7.79. The van der Waals surface area contributed by atoms with Gasteiger partial charge in [0.1, 0.15) is 18.2 Å². The third-order valence-corrected chi connectivity index (χ3v) is 4.74. The summed E-state index contributed by atoms with van der Waals surface area (Å²) in [6.45, 7) is 3.84. The van der Waals surface area contributed by atoms with E-state index < -0.39 is 23.7 Å². The molecule has 28 heavy (non-hydrogen) atoms. The molecule has 0 aliphatic carbocycles. The third-order valence-electron chi connectivity index (χ3n) is 4.21. The van der Waals surface area contributed by atoms with E-state index in [0.29, 0.717) is 6.42 Å². The van der Waals surface area contributed by atoms with Gasteiger partial charge in [-0.15, -0.1) is 0 Å². The van der Waals surface area contributed by atoms with Crippen LogP contribution in [0.3, 0.4) is 0 Å². The topological polar surface area (TPSA) is 64.9 Å². The van der Waals surface area contributed by atoms with Gasteiger partial charge in [0.05, 0.1) is 18.2 Å². The molecule has 2 N–H and O–H groups in total. The predicted molar refractivity (Wildman–Crippen MR) is 107 cm³/mol. The quantitative estimate of drug-likeness (QED) is 0.584. The van der Waals surface area contributed by atoms with Crippen molar-refractivity contribution in [1.29, 1.82) is 5.26 Å². The molecule has 0 spiro atoms. The molecule has 0 radical (unpaired) electrons. The number of nitrogens with one attached hydrogen (secondary N) is 2. The number of rotatable bonds is 8. The highest BCUT2D eigenvalue weighted by atomic mass is 79.9. The Morgan fingerprint density at radius 2 is 1.86 bits per heavy atom. The number of halogens is 3. The molecule has 0 saturated heterocycles. The molecule has 4 nitrogen and oxygen atoms in total. The van der Waals surface area contributed by atoms with Gasteiger partial charge in [0.25, 0.3) is 0 Å². The van der Waals surface area contributed by atoms with Gasteiger partial charge in [-0.1, -0.05) is 48.0 Å². The highest BCUT2D eigenvalue weighted by Gasteiger charge is 2.26. The van der Waals surface area contributed by atoms with Crippen molar-refractivity contribution in [3.63, 3.8) is 0 Å². The van der Waals surface area contributed by atoms with Gasteiger partial charge < -0.3 is 5.32 Å². The average Bonchev–Trinajstić information content (AvgIpc) is 2.64. The molecular formula is C21H22BrF2N3O. The van der Waals surface area contributed by atoms with Crippen molar-refractivity contribution in [2.45, 2.75) is 32.4 Å². The molecule has 2 rings (SSSR count). The van der Waals surface area contributed by atoms with Gasteiger partial charge in [0.15, 0.2) is 0 Å². The summed E-state index contributed by atoms with van der Waals surface area (Å²) in [6, 6.07) is 11.2. The maximum atomic E-state index is 14.5. The largest absolute Gasteiger partial charge is 0.342 e. The monoisotopic (exact) mass is 449 g/mol. The molecule has 0 unspecified atom stereocenters. The minimum atomic E-state index is -0.693. The first-order valence-electron chi connectivity index (χ1n) is 8.93. The number of nitriles is 1. The number of carbonyl (C=O) groups is 1. The van der Waals surface area contributed by atoms with Crippen molar-refractivity contribution >= 4 is 21.8 Å². The van der Waals surface area contributed by atoms with E-state index >= 15 is 0 Å². The van der Waals surface area contributed by atoms with E-state index in [2.05, 4.69) is 26.6 Å². The summed E-state index contributed by atoms with van der Waals surface area (Å²) in [7, 11) is 0. The molecule has 0 saturated carbocycles. The highest BCUT2D eigenvalue weighted by molar-refractivity contribution is 9.10. The van der Waals surface area contributed by atoms with Gasteiger partial charge >= 0.3 is 0 Å². The van der Waals surface area contributed by atoms with Crippen LogP contribution in [0, 0.1) is 28.9 Å². The SMILES string of the molecule is CC(C)C[C@H](N[C@@H](c1ccc(Br)cc1)c1ccc(F)cc1F)C(=O)NCC#N. The highest BCUT2D eigenvalue weighted by Crippen LogP contribution is 2.27. The van der Waals surface area contributed by atoms with Crippen LogP contribution < -0.4 is 10.6 Å². The van der Waals surface area contributed by atoms with E-state index in [0.717, 1.165) is 16.1 Å². The van der Waals surface area contributed by atoms with Gasteiger partial charge in [-0.3, -0.25) is 10.1 Å². The van der Waals surface area contributed by atoms with Crippen LogP contribution in [0.1, 0.15) is 37.4 Å². The molecule has 7 heteroatoms. The second-order valence-electron chi connectivity index (χ2n) is 6.88. The Balaban J connectivity index is 2.42. The van der Waals surface area contributed by atoms with Gasteiger partial charge in [0, 0.05) is 16.1 Å². The van der Waals surface area contributed by atoms with E-state index in [-0.39, 0.29) is 23.9 Å². The summed E-state index contributed by atoms with van der Waals surface area (Å²) >= 11 is 3.37. The van der Waals surface area contributed by atoms with E-state index in [1.54, 1.807) is 0 Å². The minimum absolute atomic E-state index is 0.108. The molecule has 0 aromatic heterocycles. The molecule has 2 aromatic rings. The fraction of sp³-hybridized carbons (Fsp3) is 0.333. The van der Waals surface area contributed by atoms with E-state index in [4.69, 9.17) is 5.26 Å². The normalized spacial score (nSPS) is 13.0. The Bertz CT molecular complexity index is 850. The zero-order chi connectivity index (χ0) is 20.7. The summed E-state index contributed by atoms with van der Waals surface area (Å²) in [4.78, 5) is 12.5. The summed E-state index contributed by atoms with van der Waals surface area (Å²) in [5, 5.41) is 14.5. The molecular weight excluding hydrogens is 428 g/mol. The average molecular weight is 450 g/mol. The Morgan fingerprint density at radius 3 is 2.43 bits per heavy atom. The van der Waals surface area contributed by atoms with Crippen molar-refractivity contribution in [3.8, 4) is 6.07 Å². The van der Waals surface area contributed by atoms with Gasteiger partial charge in [-0.05, 0) is 36.1 Å². The predicted octanol–water partition coefficient (Wildman–Crippen LogP) is 4.46. The standard InChI is InChI=1S/C21H22BrF2N3O/c1-13(2)11-19(21(28)26-10-9-25)27-20(14-3-5-15(22)6-4-14)17-8-7-16(23)12-18(17)24/h3-8,12-13,19-20,27H,10-11H2,1-2H3,(H,26,28)/t19-,20-/m0/s1. The zero-order valence-electron chi connectivity index (χ0n) is 15.7. The smallest absolute Gasteiger partial charge is 0.237 e. The van der Waals surface area contributed by atoms with Crippen LogP contribution in [0.5, 0.6) is 0 Å². The first-order valence-corrected chi connectivity index (χ1v) is 9.72. The van der Waals surface area contributed by atoms with Gasteiger partial charge in [0.2, 0.25) is 5.91 Å². The molecule has 148 valence electrons. The number of nitrogens with zero attached hydrogens (tertiary/aromatic N) is 1. The van der Waals surface area contributed by atoms with Gasteiger partial charge in [-0.25, -0.2) is 8.78 Å². The molecule has 2 atom stereocenters. The fourth-order valence-corrected chi connectivity index (χ4v) is 3.19. The molecule has 1 amide bonds. The summed E-state index contributed by atoms with van der Waals surface area (Å²) in [5.41, 5.74) is 0.973. The van der Waals surface area contributed by atoms with E-state index in [9.17, 15) is 13.6 Å². The lowest BCUT2D eigenvalue weighted by Crippen LogP contribution is -2.46. The Hall–Kier alpha value is -2.30. The third kappa shape index (κ3) is 6.11. The van der Waals surface area contributed by atoms with Gasteiger partial charge in [-0.2, -0.15) is 5.26 Å². The maximum absolute atomic E-state index is 14.5. The zero-order valence-corrected chi connectivity index (χ0v) is 17.3. The summed E-state index contributed by atoms with van der Waals surface area (Å²) < 4.78 is 28.8. The fourth-order valence-electron chi connectivity index (χ4n) is 2.93.